The third-order valence-electron chi connectivity index (χ3n) is 1.58. The average molecular weight is 196 g/mol. The van der Waals surface area contributed by atoms with Crippen molar-refractivity contribution < 1.29 is 8.42 Å². The predicted molar refractivity (Wildman–Crippen MR) is 53.1 cm³/mol. The number of allylic oxidation sites excluding steroid dienone is 1. The molecule has 0 N–H and O–H groups in total. The maximum Gasteiger partial charge on any atom is 0.199 e. The third-order valence-corrected chi connectivity index (χ3v) is 3.06. The standard InChI is InChI=1S/C10H12O2S/c1-2-3-9-13(11,12)10-7-5-4-6-8-10/h3-9H,2H2,1H3. The fraction of sp³-hybridized carbons (Fsp3) is 0.200. The first kappa shape index (κ1) is 9.99. The van der Waals surface area contributed by atoms with Crippen LogP contribution in [0, 0.1) is 0 Å². The Hall–Kier alpha value is -1.09. The first-order valence-electron chi connectivity index (χ1n) is 4.13. The van der Waals surface area contributed by atoms with E-state index >= 15 is 0 Å². The highest BCUT2D eigenvalue weighted by molar-refractivity contribution is 7.94. The molecule has 2 nitrogen and oxygen atoms in total. The molecule has 0 atom stereocenters. The molecular weight excluding hydrogens is 184 g/mol. The number of rotatable bonds is 3. The molecule has 1 rings (SSSR count). The van der Waals surface area contributed by atoms with Crippen LogP contribution in [0.25, 0.3) is 0 Å². The van der Waals surface area contributed by atoms with E-state index in [0.29, 0.717) is 4.90 Å². The maximum absolute atomic E-state index is 11.5. The third kappa shape index (κ3) is 2.70. The van der Waals surface area contributed by atoms with Crippen LogP contribution in [0.15, 0.2) is 46.7 Å². The van der Waals surface area contributed by atoms with E-state index in [9.17, 15) is 8.42 Å². The van der Waals surface area contributed by atoms with E-state index in [1.54, 1.807) is 36.4 Å². The van der Waals surface area contributed by atoms with Gasteiger partial charge in [0, 0.05) is 5.41 Å². The largest absolute Gasteiger partial charge is 0.219 e. The second-order valence-corrected chi connectivity index (χ2v) is 4.47. The van der Waals surface area contributed by atoms with Gasteiger partial charge in [0.2, 0.25) is 0 Å². The fourth-order valence-corrected chi connectivity index (χ4v) is 2.05. The molecule has 1 aromatic carbocycles. The van der Waals surface area contributed by atoms with Gasteiger partial charge in [0.25, 0.3) is 0 Å². The minimum absolute atomic E-state index is 0.347. The van der Waals surface area contributed by atoms with Crippen LogP contribution >= 0.6 is 0 Å². The van der Waals surface area contributed by atoms with Gasteiger partial charge in [0.15, 0.2) is 9.84 Å². The van der Waals surface area contributed by atoms with Crippen LogP contribution in [0.2, 0.25) is 0 Å². The van der Waals surface area contributed by atoms with Crippen LogP contribution in [0.3, 0.4) is 0 Å². The highest BCUT2D eigenvalue weighted by Gasteiger charge is 2.07. The molecule has 70 valence electrons. The zero-order chi connectivity index (χ0) is 9.73. The van der Waals surface area contributed by atoms with Crippen molar-refractivity contribution in [1.29, 1.82) is 0 Å². The normalized spacial score (nSPS) is 12.1. The highest BCUT2D eigenvalue weighted by atomic mass is 32.2. The van der Waals surface area contributed by atoms with Crippen molar-refractivity contribution >= 4 is 9.84 Å². The van der Waals surface area contributed by atoms with Crippen molar-refractivity contribution in [2.24, 2.45) is 0 Å². The lowest BCUT2D eigenvalue weighted by atomic mass is 10.4. The molecule has 0 unspecified atom stereocenters. The molecule has 0 fully saturated rings. The summed E-state index contributed by atoms with van der Waals surface area (Å²) in [5.41, 5.74) is 0. The molecule has 0 radical (unpaired) electrons. The molecule has 0 heterocycles. The summed E-state index contributed by atoms with van der Waals surface area (Å²) in [6.07, 6.45) is 2.37. The lowest BCUT2D eigenvalue weighted by Crippen LogP contribution is -1.94. The van der Waals surface area contributed by atoms with Gasteiger partial charge >= 0.3 is 0 Å². The molecule has 0 saturated carbocycles. The number of benzene rings is 1. The number of hydrogen-bond donors (Lipinski definition) is 0. The van der Waals surface area contributed by atoms with Gasteiger partial charge in [-0.05, 0) is 18.6 Å². The Morgan fingerprint density at radius 1 is 1.23 bits per heavy atom. The quantitative estimate of drug-likeness (QED) is 0.743. The van der Waals surface area contributed by atoms with E-state index in [2.05, 4.69) is 0 Å². The lowest BCUT2D eigenvalue weighted by Gasteiger charge is -1.96. The molecule has 3 heteroatoms. The van der Waals surface area contributed by atoms with E-state index in [4.69, 9.17) is 0 Å². The molecule has 0 spiro atoms. The summed E-state index contributed by atoms with van der Waals surface area (Å²) >= 11 is 0. The molecule has 0 aliphatic carbocycles. The Labute approximate surface area is 78.8 Å². The fourth-order valence-electron chi connectivity index (χ4n) is 0.912. The summed E-state index contributed by atoms with van der Waals surface area (Å²) in [7, 11) is -3.20. The monoisotopic (exact) mass is 196 g/mol. The van der Waals surface area contributed by atoms with Crippen LogP contribution < -0.4 is 0 Å². The van der Waals surface area contributed by atoms with Crippen LogP contribution in [-0.4, -0.2) is 8.42 Å². The van der Waals surface area contributed by atoms with Crippen molar-refractivity contribution in [2.75, 3.05) is 0 Å². The van der Waals surface area contributed by atoms with Crippen LogP contribution in [0.5, 0.6) is 0 Å². The summed E-state index contributed by atoms with van der Waals surface area (Å²) in [5, 5.41) is 1.25. The number of hydrogen-bond acceptors (Lipinski definition) is 2. The summed E-state index contributed by atoms with van der Waals surface area (Å²) in [5.74, 6) is 0. The molecule has 0 amide bonds. The Kier molecular flexibility index (Phi) is 3.25. The van der Waals surface area contributed by atoms with Crippen LogP contribution in [0.4, 0.5) is 0 Å². The second-order valence-electron chi connectivity index (χ2n) is 2.64. The van der Waals surface area contributed by atoms with Crippen LogP contribution in [-0.2, 0) is 9.84 Å². The SMILES string of the molecule is CCC=CS(=O)(=O)c1ccccc1. The van der Waals surface area contributed by atoms with Gasteiger partial charge in [0.1, 0.15) is 0 Å². The Balaban J connectivity index is 3.02. The molecule has 1 aromatic rings. The van der Waals surface area contributed by atoms with Gasteiger partial charge in [-0.15, -0.1) is 0 Å². The number of sulfone groups is 1. The van der Waals surface area contributed by atoms with Gasteiger partial charge < -0.3 is 0 Å². The van der Waals surface area contributed by atoms with Gasteiger partial charge in [-0.25, -0.2) is 8.42 Å². The summed E-state index contributed by atoms with van der Waals surface area (Å²) in [6, 6.07) is 8.41. The summed E-state index contributed by atoms with van der Waals surface area (Å²) in [6.45, 7) is 1.90. The molecule has 0 aliphatic rings. The first-order chi connectivity index (χ1) is 6.17. The zero-order valence-electron chi connectivity index (χ0n) is 7.47. The minimum atomic E-state index is -3.20. The van der Waals surface area contributed by atoms with E-state index in [-0.39, 0.29) is 0 Å². The minimum Gasteiger partial charge on any atom is -0.219 e. The van der Waals surface area contributed by atoms with Gasteiger partial charge in [-0.1, -0.05) is 31.2 Å². The van der Waals surface area contributed by atoms with E-state index in [1.165, 1.54) is 5.41 Å². The van der Waals surface area contributed by atoms with Crippen molar-refractivity contribution in [1.82, 2.24) is 0 Å². The van der Waals surface area contributed by atoms with Crippen LogP contribution in [0.1, 0.15) is 13.3 Å². The van der Waals surface area contributed by atoms with E-state index in [1.807, 2.05) is 6.92 Å². The summed E-state index contributed by atoms with van der Waals surface area (Å²) in [4.78, 5) is 0.347. The maximum atomic E-state index is 11.5. The molecule has 0 aromatic heterocycles. The van der Waals surface area contributed by atoms with Gasteiger partial charge in [0.05, 0.1) is 4.90 Å². The highest BCUT2D eigenvalue weighted by Crippen LogP contribution is 2.10. The lowest BCUT2D eigenvalue weighted by molar-refractivity contribution is 0.604. The van der Waals surface area contributed by atoms with Gasteiger partial charge in [-0.3, -0.25) is 0 Å². The molecular formula is C10H12O2S. The predicted octanol–water partition coefficient (Wildman–Crippen LogP) is 2.38. The Bertz CT molecular complexity index is 377. The molecule has 13 heavy (non-hydrogen) atoms. The molecule has 0 saturated heterocycles. The van der Waals surface area contributed by atoms with Gasteiger partial charge in [-0.2, -0.15) is 0 Å². The first-order valence-corrected chi connectivity index (χ1v) is 5.68. The van der Waals surface area contributed by atoms with Crippen molar-refractivity contribution in [3.63, 3.8) is 0 Å². The second kappa shape index (κ2) is 4.23. The smallest absolute Gasteiger partial charge is 0.199 e. The summed E-state index contributed by atoms with van der Waals surface area (Å²) < 4.78 is 23.0. The van der Waals surface area contributed by atoms with Crippen molar-refractivity contribution in [3.8, 4) is 0 Å². The average Bonchev–Trinajstić information content (AvgIpc) is 2.16. The Morgan fingerprint density at radius 3 is 2.38 bits per heavy atom. The zero-order valence-corrected chi connectivity index (χ0v) is 8.29. The van der Waals surface area contributed by atoms with E-state index < -0.39 is 9.84 Å². The van der Waals surface area contributed by atoms with E-state index in [0.717, 1.165) is 6.42 Å². The molecule has 0 bridgehead atoms. The Morgan fingerprint density at radius 2 is 1.85 bits per heavy atom. The molecule has 0 aliphatic heterocycles. The van der Waals surface area contributed by atoms with Crippen molar-refractivity contribution in [3.05, 3.63) is 41.8 Å². The van der Waals surface area contributed by atoms with Crippen molar-refractivity contribution in [2.45, 2.75) is 18.2 Å². The topological polar surface area (TPSA) is 34.1 Å².